The largest absolute Gasteiger partial charge is 0.352 e. The fourth-order valence-electron chi connectivity index (χ4n) is 3.84. The summed E-state index contributed by atoms with van der Waals surface area (Å²) in [5, 5.41) is 0. The van der Waals surface area contributed by atoms with E-state index in [0.717, 1.165) is 0 Å². The van der Waals surface area contributed by atoms with Crippen molar-refractivity contribution < 1.29 is 0 Å². The molecule has 0 spiro atoms. The predicted molar refractivity (Wildman–Crippen MR) is 85.8 cm³/mol. The molecule has 4 aliphatic rings. The third-order valence-electron chi connectivity index (χ3n) is 4.95. The Morgan fingerprint density at radius 3 is 2.36 bits per heavy atom. The van der Waals surface area contributed by atoms with Gasteiger partial charge in [-0.2, -0.15) is 0 Å². The van der Waals surface area contributed by atoms with E-state index in [0.29, 0.717) is 5.69 Å². The monoisotopic (exact) mass is 357 g/mol. The second-order valence-corrected chi connectivity index (χ2v) is 7.33. The van der Waals surface area contributed by atoms with Gasteiger partial charge in [-0.3, -0.25) is 0 Å². The summed E-state index contributed by atoms with van der Waals surface area (Å²) in [6, 6.07) is 8.80. The second-order valence-electron chi connectivity index (χ2n) is 5.96. The number of nitrogens with zero attached hydrogens (tertiary/aromatic N) is 3. The maximum Gasteiger partial charge on any atom is 0.352 e. The highest BCUT2D eigenvalue weighted by atomic mass is 79.9. The van der Waals surface area contributed by atoms with Crippen LogP contribution >= 0.6 is 15.9 Å². The van der Waals surface area contributed by atoms with E-state index in [4.69, 9.17) is 0 Å². The molecule has 3 heterocycles. The van der Waals surface area contributed by atoms with Crippen LogP contribution in [0.1, 0.15) is 12.1 Å². The second kappa shape index (κ2) is 3.81. The molecule has 4 atom stereocenters. The lowest BCUT2D eigenvalue weighted by atomic mass is 9.68. The van der Waals surface area contributed by atoms with Gasteiger partial charge in [-0.15, -0.1) is 0 Å². The first kappa shape index (κ1) is 12.5. The van der Waals surface area contributed by atoms with Crippen molar-refractivity contribution in [2.75, 3.05) is 0 Å². The van der Waals surface area contributed by atoms with Gasteiger partial charge in [-0.05, 0) is 12.1 Å². The molecule has 0 saturated carbocycles. The maximum absolute atomic E-state index is 12.9. The highest BCUT2D eigenvalue weighted by Gasteiger charge is 2.57. The van der Waals surface area contributed by atoms with Crippen LogP contribution in [-0.2, 0) is 0 Å². The summed E-state index contributed by atoms with van der Waals surface area (Å²) in [5.41, 5.74) is 0.0498. The molecule has 110 valence electrons. The number of alkyl halides is 1. The van der Waals surface area contributed by atoms with Crippen molar-refractivity contribution in [1.29, 1.82) is 0 Å². The topological polar surface area (TPSA) is 48.9 Å². The van der Waals surface area contributed by atoms with Gasteiger partial charge in [0, 0.05) is 5.92 Å². The summed E-state index contributed by atoms with van der Waals surface area (Å²) < 4.78 is 4.21. The first-order valence-corrected chi connectivity index (χ1v) is 8.00. The fourth-order valence-corrected chi connectivity index (χ4v) is 4.77. The van der Waals surface area contributed by atoms with Crippen molar-refractivity contribution in [3.8, 4) is 5.69 Å². The summed E-state index contributed by atoms with van der Waals surface area (Å²) in [5.74, 6) is 0.214. The Morgan fingerprint density at radius 2 is 1.68 bits per heavy atom. The number of rotatable bonds is 1. The number of halogens is 1. The molecule has 2 bridgehead atoms. The van der Waals surface area contributed by atoms with Gasteiger partial charge in [0.05, 0.1) is 22.1 Å². The molecule has 2 aliphatic heterocycles. The summed E-state index contributed by atoms with van der Waals surface area (Å²) in [4.78, 5) is 25.7. The molecule has 22 heavy (non-hydrogen) atoms. The molecule has 0 amide bonds. The molecular formula is C16H12BrN3O2. The minimum atomic E-state index is -0.284. The van der Waals surface area contributed by atoms with Crippen LogP contribution in [0.4, 0.5) is 0 Å². The number of allylic oxidation sites excluding steroid dienone is 4. The molecule has 6 heteroatoms. The van der Waals surface area contributed by atoms with Crippen LogP contribution in [0.3, 0.4) is 0 Å². The van der Waals surface area contributed by atoms with Gasteiger partial charge >= 0.3 is 11.4 Å². The van der Waals surface area contributed by atoms with Crippen LogP contribution in [0.2, 0.25) is 0 Å². The Kier molecular flexibility index (Phi) is 2.16. The number of aromatic nitrogens is 3. The van der Waals surface area contributed by atoms with Crippen LogP contribution in [-0.4, -0.2) is 18.3 Å². The van der Waals surface area contributed by atoms with E-state index < -0.39 is 0 Å². The molecular weight excluding hydrogens is 346 g/mol. The van der Waals surface area contributed by atoms with Crippen LogP contribution < -0.4 is 11.4 Å². The first-order valence-electron chi connectivity index (χ1n) is 7.21. The summed E-state index contributed by atoms with van der Waals surface area (Å²) >= 11 is 3.77. The molecule has 0 N–H and O–H groups in total. The van der Waals surface area contributed by atoms with E-state index in [1.807, 2.05) is 30.4 Å². The molecule has 0 unspecified atom stereocenters. The molecule has 2 aliphatic carbocycles. The van der Waals surface area contributed by atoms with Crippen LogP contribution in [0.5, 0.6) is 0 Å². The van der Waals surface area contributed by atoms with Crippen molar-refractivity contribution in [2.24, 2.45) is 5.92 Å². The molecule has 1 aromatic heterocycles. The van der Waals surface area contributed by atoms with E-state index in [1.54, 1.807) is 21.5 Å². The van der Waals surface area contributed by atoms with Crippen LogP contribution in [0, 0.1) is 5.92 Å². The van der Waals surface area contributed by atoms with E-state index in [9.17, 15) is 9.59 Å². The molecule has 0 radical (unpaired) electrons. The maximum atomic E-state index is 12.9. The molecule has 0 fully saturated rings. The van der Waals surface area contributed by atoms with Gasteiger partial charge in [0.15, 0.2) is 0 Å². The molecule has 5 nitrogen and oxygen atoms in total. The molecule has 6 rings (SSSR count). The average Bonchev–Trinajstić information content (AvgIpc) is 2.78. The average molecular weight is 358 g/mol. The van der Waals surface area contributed by atoms with Crippen molar-refractivity contribution >= 4 is 15.9 Å². The lowest BCUT2D eigenvalue weighted by Gasteiger charge is -2.53. The van der Waals surface area contributed by atoms with Gasteiger partial charge in [0.1, 0.15) is 0 Å². The summed E-state index contributed by atoms with van der Waals surface area (Å²) in [6.07, 6.45) is 8.25. The van der Waals surface area contributed by atoms with Crippen molar-refractivity contribution in [3.63, 3.8) is 0 Å². The van der Waals surface area contributed by atoms with Crippen LogP contribution in [0.25, 0.3) is 5.69 Å². The van der Waals surface area contributed by atoms with Crippen molar-refractivity contribution in [2.45, 2.75) is 16.4 Å². The lowest BCUT2D eigenvalue weighted by Crippen LogP contribution is -2.58. The third kappa shape index (κ3) is 1.22. The summed E-state index contributed by atoms with van der Waals surface area (Å²) in [7, 11) is 0. The Bertz CT molecular complexity index is 966. The highest BCUT2D eigenvalue weighted by Crippen LogP contribution is 2.57. The predicted octanol–water partition coefficient (Wildman–Crippen LogP) is 1.79. The SMILES string of the molecule is O=c1n(-c2ccccc2)c(=O)n2n1[C@H]1C=C[C@H]2[C@@H]2C=C[C@]12Br. The Hall–Kier alpha value is -2.08. The lowest BCUT2D eigenvalue weighted by molar-refractivity contribution is 0.166. The van der Waals surface area contributed by atoms with E-state index >= 15 is 0 Å². The van der Waals surface area contributed by atoms with Crippen LogP contribution in [0.15, 0.2) is 64.2 Å². The highest BCUT2D eigenvalue weighted by molar-refractivity contribution is 9.10. The quantitative estimate of drug-likeness (QED) is 0.577. The smallest absolute Gasteiger partial charge is 0.245 e. The molecule has 0 saturated heterocycles. The number of hydrogen-bond donors (Lipinski definition) is 0. The Morgan fingerprint density at radius 1 is 0.955 bits per heavy atom. The zero-order valence-corrected chi connectivity index (χ0v) is 13.1. The number of hydrogen-bond acceptors (Lipinski definition) is 2. The number of benzene rings is 1. The minimum absolute atomic E-state index is 0.112. The zero-order chi connectivity index (χ0) is 15.1. The molecule has 1 aromatic carbocycles. The zero-order valence-electron chi connectivity index (χ0n) is 11.5. The van der Waals surface area contributed by atoms with Gasteiger partial charge in [0.25, 0.3) is 0 Å². The standard InChI is InChI=1S/C16H12BrN3O2/c17-16-9-8-11(16)12-6-7-13(16)20-15(22)18(14(21)19(12)20)10-4-2-1-3-5-10/h1-9,11-13H/t11-,12-,13-,16+/m0/s1. The molecule has 2 aromatic rings. The van der Waals surface area contributed by atoms with E-state index in [1.165, 1.54) is 4.57 Å². The minimum Gasteiger partial charge on any atom is -0.245 e. The first-order chi connectivity index (χ1) is 10.6. The summed E-state index contributed by atoms with van der Waals surface area (Å²) in [6.45, 7) is 0. The van der Waals surface area contributed by atoms with Crippen molar-refractivity contribution in [1.82, 2.24) is 13.9 Å². The Balaban J connectivity index is 1.84. The van der Waals surface area contributed by atoms with Crippen molar-refractivity contribution in [3.05, 3.63) is 75.6 Å². The third-order valence-corrected chi connectivity index (χ3v) is 6.21. The Labute approximate surface area is 133 Å². The van der Waals surface area contributed by atoms with E-state index in [-0.39, 0.29) is 33.7 Å². The normalized spacial score (nSPS) is 33.4. The van der Waals surface area contributed by atoms with Gasteiger partial charge < -0.3 is 0 Å². The van der Waals surface area contributed by atoms with Gasteiger partial charge in [-0.25, -0.2) is 23.5 Å². The number of para-hydroxylation sites is 1. The van der Waals surface area contributed by atoms with E-state index in [2.05, 4.69) is 28.1 Å². The van der Waals surface area contributed by atoms with Gasteiger partial charge in [-0.1, -0.05) is 58.4 Å². The fraction of sp³-hybridized carbons (Fsp3) is 0.250. The van der Waals surface area contributed by atoms with Gasteiger partial charge in [0.2, 0.25) is 0 Å².